The lowest BCUT2D eigenvalue weighted by atomic mass is 10.2. The van der Waals surface area contributed by atoms with Crippen molar-refractivity contribution in [3.8, 4) is 0 Å². The number of piperidine rings is 1. The SMILES string of the molecule is Cc1ccc(S(=O)(=O)N2CCCCC2)cc1NC(=O)c1nc2nccc(C)n2n1. The summed E-state index contributed by atoms with van der Waals surface area (Å²) in [6.45, 7) is 4.69. The van der Waals surface area contributed by atoms with Crippen LogP contribution in [0.15, 0.2) is 35.4 Å². The normalized spacial score (nSPS) is 15.5. The van der Waals surface area contributed by atoms with E-state index < -0.39 is 15.9 Å². The van der Waals surface area contributed by atoms with Gasteiger partial charge in [-0.25, -0.2) is 17.9 Å². The van der Waals surface area contributed by atoms with Gasteiger partial charge in [0.05, 0.1) is 4.90 Å². The van der Waals surface area contributed by atoms with Crippen LogP contribution in [0, 0.1) is 13.8 Å². The molecule has 1 N–H and O–H groups in total. The summed E-state index contributed by atoms with van der Waals surface area (Å²) in [5.74, 6) is -0.227. The third-order valence-electron chi connectivity index (χ3n) is 5.04. The van der Waals surface area contributed by atoms with Crippen LogP contribution in [0.4, 0.5) is 5.69 Å². The largest absolute Gasteiger partial charge is 0.319 e. The van der Waals surface area contributed by atoms with Crippen LogP contribution < -0.4 is 5.32 Å². The van der Waals surface area contributed by atoms with Crippen LogP contribution in [0.5, 0.6) is 0 Å². The molecule has 9 nitrogen and oxygen atoms in total. The number of fused-ring (bicyclic) bond motifs is 1. The number of anilines is 1. The number of rotatable bonds is 4. The van der Waals surface area contributed by atoms with Crippen LogP contribution in [-0.4, -0.2) is 51.3 Å². The van der Waals surface area contributed by atoms with Gasteiger partial charge < -0.3 is 5.32 Å². The fourth-order valence-corrected chi connectivity index (χ4v) is 4.88. The smallest absolute Gasteiger partial charge is 0.295 e. The number of sulfonamides is 1. The highest BCUT2D eigenvalue weighted by Gasteiger charge is 2.26. The molecule has 10 heteroatoms. The zero-order valence-electron chi connectivity index (χ0n) is 16.3. The van der Waals surface area contributed by atoms with E-state index >= 15 is 0 Å². The summed E-state index contributed by atoms with van der Waals surface area (Å²) in [7, 11) is -3.59. The monoisotopic (exact) mass is 414 g/mol. The summed E-state index contributed by atoms with van der Waals surface area (Å²) >= 11 is 0. The Morgan fingerprint density at radius 1 is 1.10 bits per heavy atom. The Bertz CT molecular complexity index is 1180. The number of nitrogens with zero attached hydrogens (tertiary/aromatic N) is 5. The van der Waals surface area contributed by atoms with Gasteiger partial charge in [-0.1, -0.05) is 12.5 Å². The second-order valence-corrected chi connectivity index (χ2v) is 9.07. The van der Waals surface area contributed by atoms with Gasteiger partial charge in [0.2, 0.25) is 15.8 Å². The standard InChI is InChI=1S/C19H22N6O3S/c1-13-6-7-15(29(27,28)24-10-4-3-5-11-24)12-16(13)21-18(26)17-22-19-20-9-8-14(2)25(19)23-17/h6-9,12H,3-5,10-11H2,1-2H3,(H,21,26). The van der Waals surface area contributed by atoms with Crippen molar-refractivity contribution in [2.45, 2.75) is 38.0 Å². The molecule has 1 aliphatic rings. The van der Waals surface area contributed by atoms with Gasteiger partial charge >= 0.3 is 0 Å². The van der Waals surface area contributed by atoms with E-state index in [4.69, 9.17) is 0 Å². The zero-order valence-corrected chi connectivity index (χ0v) is 17.1. The van der Waals surface area contributed by atoms with Gasteiger partial charge in [-0.05, 0) is 50.5 Å². The first-order chi connectivity index (χ1) is 13.9. The van der Waals surface area contributed by atoms with E-state index in [1.807, 2.05) is 6.92 Å². The number of carbonyl (C=O) groups is 1. The lowest BCUT2D eigenvalue weighted by Gasteiger charge is -2.26. The van der Waals surface area contributed by atoms with Crippen molar-refractivity contribution >= 4 is 27.4 Å². The van der Waals surface area contributed by atoms with Gasteiger partial charge in [-0.3, -0.25) is 4.79 Å². The van der Waals surface area contributed by atoms with Crippen molar-refractivity contribution in [3.05, 3.63) is 47.5 Å². The molecule has 0 unspecified atom stereocenters. The Morgan fingerprint density at radius 3 is 2.59 bits per heavy atom. The molecule has 4 rings (SSSR count). The minimum Gasteiger partial charge on any atom is -0.319 e. The van der Waals surface area contributed by atoms with Gasteiger partial charge in [0.25, 0.3) is 11.7 Å². The maximum Gasteiger partial charge on any atom is 0.295 e. The fraction of sp³-hybridized carbons (Fsp3) is 0.368. The highest BCUT2D eigenvalue weighted by atomic mass is 32.2. The first-order valence-electron chi connectivity index (χ1n) is 9.47. The fourth-order valence-electron chi connectivity index (χ4n) is 3.33. The zero-order chi connectivity index (χ0) is 20.6. The van der Waals surface area contributed by atoms with Gasteiger partial charge in [0.15, 0.2) is 0 Å². The molecular weight excluding hydrogens is 392 g/mol. The van der Waals surface area contributed by atoms with E-state index in [9.17, 15) is 13.2 Å². The molecule has 0 saturated carbocycles. The Morgan fingerprint density at radius 2 is 1.86 bits per heavy atom. The maximum atomic E-state index is 12.9. The Balaban J connectivity index is 1.62. The number of aryl methyl sites for hydroxylation is 2. The molecule has 2 aromatic heterocycles. The van der Waals surface area contributed by atoms with Crippen molar-refractivity contribution in [3.63, 3.8) is 0 Å². The van der Waals surface area contributed by atoms with Crippen LogP contribution in [-0.2, 0) is 10.0 Å². The van der Waals surface area contributed by atoms with E-state index in [1.165, 1.54) is 14.9 Å². The molecule has 1 fully saturated rings. The highest BCUT2D eigenvalue weighted by Crippen LogP contribution is 2.25. The molecule has 152 valence electrons. The third kappa shape index (κ3) is 3.73. The van der Waals surface area contributed by atoms with Crippen LogP contribution in [0.2, 0.25) is 0 Å². The molecule has 3 heterocycles. The first kappa shape index (κ1) is 19.5. The van der Waals surface area contributed by atoms with E-state index in [0.717, 1.165) is 30.5 Å². The Hall–Kier alpha value is -2.85. The van der Waals surface area contributed by atoms with E-state index in [2.05, 4.69) is 20.4 Å². The Labute approximate surface area is 168 Å². The predicted molar refractivity (Wildman–Crippen MR) is 107 cm³/mol. The van der Waals surface area contributed by atoms with Crippen molar-refractivity contribution in [1.82, 2.24) is 23.9 Å². The summed E-state index contributed by atoms with van der Waals surface area (Å²) in [4.78, 5) is 21.1. The lowest BCUT2D eigenvalue weighted by Crippen LogP contribution is -2.35. The third-order valence-corrected chi connectivity index (χ3v) is 6.94. The van der Waals surface area contributed by atoms with Gasteiger partial charge in [-0.2, -0.15) is 9.29 Å². The molecule has 0 atom stereocenters. The lowest BCUT2D eigenvalue weighted by molar-refractivity contribution is 0.101. The second kappa shape index (κ2) is 7.53. The van der Waals surface area contributed by atoms with Crippen LogP contribution in [0.3, 0.4) is 0 Å². The van der Waals surface area contributed by atoms with Crippen LogP contribution >= 0.6 is 0 Å². The summed E-state index contributed by atoms with van der Waals surface area (Å²) in [6, 6.07) is 6.53. The van der Waals surface area contributed by atoms with E-state index in [0.29, 0.717) is 24.6 Å². The van der Waals surface area contributed by atoms with Gasteiger partial charge in [0, 0.05) is 30.7 Å². The quantitative estimate of drug-likeness (QED) is 0.701. The number of hydrogen-bond acceptors (Lipinski definition) is 6. The molecule has 1 amide bonds. The molecule has 3 aromatic rings. The molecular formula is C19H22N6O3S. The number of aromatic nitrogens is 4. The topological polar surface area (TPSA) is 110 Å². The summed E-state index contributed by atoms with van der Waals surface area (Å²) in [5.41, 5.74) is 1.96. The van der Waals surface area contributed by atoms with Gasteiger partial charge in [0.1, 0.15) is 0 Å². The molecule has 0 bridgehead atoms. The summed E-state index contributed by atoms with van der Waals surface area (Å²) in [6.07, 6.45) is 4.37. The number of benzene rings is 1. The molecule has 0 spiro atoms. The van der Waals surface area contributed by atoms with E-state index in [-0.39, 0.29) is 10.7 Å². The molecule has 1 saturated heterocycles. The number of hydrogen-bond donors (Lipinski definition) is 1. The number of amides is 1. The van der Waals surface area contributed by atoms with Crippen molar-refractivity contribution in [1.29, 1.82) is 0 Å². The average Bonchev–Trinajstić information content (AvgIpc) is 3.16. The van der Waals surface area contributed by atoms with E-state index in [1.54, 1.807) is 31.3 Å². The van der Waals surface area contributed by atoms with Crippen molar-refractivity contribution in [2.75, 3.05) is 18.4 Å². The molecule has 0 aliphatic carbocycles. The predicted octanol–water partition coefficient (Wildman–Crippen LogP) is 2.17. The van der Waals surface area contributed by atoms with Crippen LogP contribution in [0.25, 0.3) is 5.78 Å². The van der Waals surface area contributed by atoms with Crippen LogP contribution in [0.1, 0.15) is 41.1 Å². The first-order valence-corrected chi connectivity index (χ1v) is 10.9. The number of nitrogens with one attached hydrogen (secondary N) is 1. The minimum absolute atomic E-state index is 0.0320. The molecule has 29 heavy (non-hydrogen) atoms. The summed E-state index contributed by atoms with van der Waals surface area (Å²) in [5, 5.41) is 6.92. The molecule has 1 aliphatic heterocycles. The van der Waals surface area contributed by atoms with Crippen molar-refractivity contribution in [2.24, 2.45) is 0 Å². The molecule has 1 aromatic carbocycles. The average molecular weight is 414 g/mol. The maximum absolute atomic E-state index is 12.9. The minimum atomic E-state index is -3.59. The molecule has 0 radical (unpaired) electrons. The Kier molecular flexibility index (Phi) is 5.05. The van der Waals surface area contributed by atoms with Gasteiger partial charge in [-0.15, -0.1) is 5.10 Å². The second-order valence-electron chi connectivity index (χ2n) is 7.13. The van der Waals surface area contributed by atoms with Crippen molar-refractivity contribution < 1.29 is 13.2 Å². The summed E-state index contributed by atoms with van der Waals surface area (Å²) < 4.78 is 28.9. The number of carbonyl (C=O) groups excluding carboxylic acids is 1. The highest BCUT2D eigenvalue weighted by molar-refractivity contribution is 7.89.